The summed E-state index contributed by atoms with van der Waals surface area (Å²) in [5.41, 5.74) is 2.15. The molecule has 0 radical (unpaired) electrons. The van der Waals surface area contributed by atoms with Crippen LogP contribution in [0.3, 0.4) is 0 Å². The second-order valence-electron chi connectivity index (χ2n) is 6.01. The summed E-state index contributed by atoms with van der Waals surface area (Å²) in [5.74, 6) is 1.08. The van der Waals surface area contributed by atoms with E-state index in [0.29, 0.717) is 6.10 Å². The van der Waals surface area contributed by atoms with Crippen LogP contribution in [-0.4, -0.2) is 34.1 Å². The number of hydrogen-bond acceptors (Lipinski definition) is 4. The van der Waals surface area contributed by atoms with Crippen LogP contribution in [-0.2, 0) is 11.8 Å². The summed E-state index contributed by atoms with van der Waals surface area (Å²) in [6.07, 6.45) is 4.93. The standard InChI is InChI=1S/C18H26N2O2S/c1-4-21-13-6-8-14(9-7-13)22-18-19-16-11-10-15(23-5-2)12-17(16)20(18)3/h10-14H,4-9H2,1-3H3. The van der Waals surface area contributed by atoms with Crippen LogP contribution < -0.4 is 4.74 Å². The van der Waals surface area contributed by atoms with E-state index in [2.05, 4.69) is 41.6 Å². The van der Waals surface area contributed by atoms with Gasteiger partial charge in [0, 0.05) is 18.6 Å². The van der Waals surface area contributed by atoms with E-state index in [0.717, 1.165) is 55.1 Å². The van der Waals surface area contributed by atoms with Crippen LogP contribution in [0.5, 0.6) is 6.01 Å². The van der Waals surface area contributed by atoms with Crippen LogP contribution in [0.4, 0.5) is 0 Å². The first-order valence-electron chi connectivity index (χ1n) is 8.58. The number of ether oxygens (including phenoxy) is 2. The van der Waals surface area contributed by atoms with Crippen molar-refractivity contribution in [1.82, 2.24) is 9.55 Å². The first-order chi connectivity index (χ1) is 11.2. The lowest BCUT2D eigenvalue weighted by Gasteiger charge is -2.28. The molecule has 1 saturated carbocycles. The summed E-state index contributed by atoms with van der Waals surface area (Å²) < 4.78 is 14.0. The lowest BCUT2D eigenvalue weighted by atomic mass is 9.95. The summed E-state index contributed by atoms with van der Waals surface area (Å²) in [7, 11) is 2.04. The van der Waals surface area contributed by atoms with E-state index in [1.165, 1.54) is 4.90 Å². The van der Waals surface area contributed by atoms with Gasteiger partial charge in [-0.15, -0.1) is 11.8 Å². The molecule has 1 aliphatic carbocycles. The van der Waals surface area contributed by atoms with Crippen molar-refractivity contribution in [3.05, 3.63) is 18.2 Å². The van der Waals surface area contributed by atoms with Crippen molar-refractivity contribution in [3.8, 4) is 6.01 Å². The van der Waals surface area contributed by atoms with E-state index in [-0.39, 0.29) is 6.10 Å². The average Bonchev–Trinajstić information content (AvgIpc) is 2.86. The Morgan fingerprint density at radius 3 is 2.61 bits per heavy atom. The Morgan fingerprint density at radius 1 is 1.17 bits per heavy atom. The molecule has 0 spiro atoms. The molecule has 0 bridgehead atoms. The summed E-state index contributed by atoms with van der Waals surface area (Å²) in [6, 6.07) is 7.17. The molecule has 0 amide bonds. The molecule has 0 atom stereocenters. The molecule has 5 heteroatoms. The zero-order valence-electron chi connectivity index (χ0n) is 14.2. The number of thioether (sulfide) groups is 1. The third-order valence-electron chi connectivity index (χ3n) is 4.42. The van der Waals surface area contributed by atoms with Gasteiger partial charge in [0.2, 0.25) is 0 Å². The lowest BCUT2D eigenvalue weighted by Crippen LogP contribution is -2.29. The highest BCUT2D eigenvalue weighted by Gasteiger charge is 2.24. The first-order valence-corrected chi connectivity index (χ1v) is 9.57. The molecule has 3 rings (SSSR count). The average molecular weight is 334 g/mol. The highest BCUT2D eigenvalue weighted by molar-refractivity contribution is 7.99. The molecule has 0 saturated heterocycles. The monoisotopic (exact) mass is 334 g/mol. The van der Waals surface area contributed by atoms with E-state index in [1.54, 1.807) is 0 Å². The Kier molecular flexibility index (Phi) is 5.49. The molecule has 1 fully saturated rings. The molecule has 4 nitrogen and oxygen atoms in total. The van der Waals surface area contributed by atoms with E-state index < -0.39 is 0 Å². The number of benzene rings is 1. The van der Waals surface area contributed by atoms with Gasteiger partial charge in [0.05, 0.1) is 17.1 Å². The van der Waals surface area contributed by atoms with Crippen molar-refractivity contribution in [3.63, 3.8) is 0 Å². The Balaban J connectivity index is 1.70. The normalized spacial score (nSPS) is 21.7. The van der Waals surface area contributed by atoms with Crippen LogP contribution in [0.2, 0.25) is 0 Å². The molecule has 1 aromatic carbocycles. The highest BCUT2D eigenvalue weighted by Crippen LogP contribution is 2.29. The molecule has 0 N–H and O–H groups in total. The fraction of sp³-hybridized carbons (Fsp3) is 0.611. The zero-order chi connectivity index (χ0) is 16.2. The van der Waals surface area contributed by atoms with Crippen molar-refractivity contribution < 1.29 is 9.47 Å². The van der Waals surface area contributed by atoms with Gasteiger partial charge in [-0.3, -0.25) is 4.57 Å². The van der Waals surface area contributed by atoms with Crippen molar-refractivity contribution in [2.75, 3.05) is 12.4 Å². The van der Waals surface area contributed by atoms with Crippen molar-refractivity contribution in [2.24, 2.45) is 7.05 Å². The lowest BCUT2D eigenvalue weighted by molar-refractivity contribution is 0.00640. The van der Waals surface area contributed by atoms with Crippen molar-refractivity contribution >= 4 is 22.8 Å². The Hall–Kier alpha value is -1.20. The van der Waals surface area contributed by atoms with E-state index in [9.17, 15) is 0 Å². The summed E-state index contributed by atoms with van der Waals surface area (Å²) in [5, 5.41) is 0. The van der Waals surface area contributed by atoms with Gasteiger partial charge in [0.1, 0.15) is 6.10 Å². The molecular weight excluding hydrogens is 308 g/mol. The Morgan fingerprint density at radius 2 is 1.91 bits per heavy atom. The molecule has 0 unspecified atom stereocenters. The molecule has 23 heavy (non-hydrogen) atoms. The minimum atomic E-state index is 0.256. The number of imidazole rings is 1. The zero-order valence-corrected chi connectivity index (χ0v) is 15.1. The van der Waals surface area contributed by atoms with Crippen molar-refractivity contribution in [2.45, 2.75) is 56.6 Å². The fourth-order valence-electron chi connectivity index (χ4n) is 3.21. The van der Waals surface area contributed by atoms with Crippen LogP contribution in [0, 0.1) is 0 Å². The van der Waals surface area contributed by atoms with Gasteiger partial charge in [0.15, 0.2) is 0 Å². The highest BCUT2D eigenvalue weighted by atomic mass is 32.2. The number of hydrogen-bond donors (Lipinski definition) is 0. The maximum atomic E-state index is 6.19. The van der Waals surface area contributed by atoms with Gasteiger partial charge in [-0.2, -0.15) is 4.98 Å². The minimum absolute atomic E-state index is 0.256. The maximum absolute atomic E-state index is 6.19. The smallest absolute Gasteiger partial charge is 0.297 e. The van der Waals surface area contributed by atoms with Crippen LogP contribution in [0.15, 0.2) is 23.1 Å². The fourth-order valence-corrected chi connectivity index (χ4v) is 3.90. The largest absolute Gasteiger partial charge is 0.461 e. The van der Waals surface area contributed by atoms with Gasteiger partial charge in [-0.25, -0.2) is 0 Å². The van der Waals surface area contributed by atoms with Gasteiger partial charge >= 0.3 is 0 Å². The molecular formula is C18H26N2O2S. The number of rotatable bonds is 6. The van der Waals surface area contributed by atoms with Crippen LogP contribution in [0.25, 0.3) is 11.0 Å². The molecule has 126 valence electrons. The molecule has 1 heterocycles. The summed E-state index contributed by atoms with van der Waals surface area (Å²) >= 11 is 1.85. The quantitative estimate of drug-likeness (QED) is 0.733. The molecule has 1 aromatic heterocycles. The number of nitrogens with zero attached hydrogens (tertiary/aromatic N) is 2. The van der Waals surface area contributed by atoms with Gasteiger partial charge in [-0.1, -0.05) is 6.92 Å². The van der Waals surface area contributed by atoms with E-state index in [1.807, 2.05) is 18.8 Å². The molecule has 1 aliphatic rings. The predicted molar refractivity (Wildman–Crippen MR) is 95.4 cm³/mol. The number of fused-ring (bicyclic) bond motifs is 1. The Labute approximate surface area is 142 Å². The third-order valence-corrected chi connectivity index (χ3v) is 5.29. The SMILES string of the molecule is CCOC1CCC(Oc2nc3ccc(SCC)cc3n2C)CC1. The third kappa shape index (κ3) is 3.83. The van der Waals surface area contributed by atoms with E-state index >= 15 is 0 Å². The van der Waals surface area contributed by atoms with Gasteiger partial charge < -0.3 is 9.47 Å². The van der Waals surface area contributed by atoms with Crippen molar-refractivity contribution in [1.29, 1.82) is 0 Å². The summed E-state index contributed by atoms with van der Waals surface area (Å²) in [6.45, 7) is 5.04. The topological polar surface area (TPSA) is 36.3 Å². The minimum Gasteiger partial charge on any atom is -0.461 e. The summed E-state index contributed by atoms with van der Waals surface area (Å²) in [4.78, 5) is 5.95. The number of aromatic nitrogens is 2. The molecule has 0 aliphatic heterocycles. The first kappa shape index (κ1) is 16.7. The van der Waals surface area contributed by atoms with Gasteiger partial charge in [0.25, 0.3) is 6.01 Å². The second-order valence-corrected chi connectivity index (χ2v) is 7.35. The number of aryl methyl sites for hydroxylation is 1. The Bertz CT molecular complexity index is 648. The van der Waals surface area contributed by atoms with Crippen LogP contribution >= 0.6 is 11.8 Å². The van der Waals surface area contributed by atoms with Gasteiger partial charge in [-0.05, 0) is 56.6 Å². The maximum Gasteiger partial charge on any atom is 0.297 e. The van der Waals surface area contributed by atoms with Crippen LogP contribution in [0.1, 0.15) is 39.5 Å². The molecule has 2 aromatic rings. The predicted octanol–water partition coefficient (Wildman–Crippen LogP) is 4.41. The second kappa shape index (κ2) is 7.58. The van der Waals surface area contributed by atoms with E-state index in [4.69, 9.17) is 9.47 Å².